The van der Waals surface area contributed by atoms with E-state index >= 15 is 0 Å². The number of hydrogen-bond donors (Lipinski definition) is 1. The molecule has 2 aliphatic rings. The van der Waals surface area contributed by atoms with Crippen LogP contribution in [-0.2, 0) is 0 Å². The number of amides is 1. The molecule has 1 fully saturated rings. The fraction of sp³-hybridized carbons (Fsp3) is 0.400. The maximum atomic E-state index is 11.9. The Morgan fingerprint density at radius 1 is 0.882 bits per heavy atom. The Morgan fingerprint density at radius 3 is 2.24 bits per heavy atom. The van der Waals surface area contributed by atoms with E-state index in [0.29, 0.717) is 0 Å². The number of rotatable bonds is 0. The molecule has 1 N–H and O–H groups in total. The molecule has 0 radical (unpaired) electrons. The number of nitrogens with one attached hydrogen (secondary N) is 1. The topological polar surface area (TPSA) is 29.1 Å². The van der Waals surface area contributed by atoms with Crippen LogP contribution in [-0.4, -0.2) is 5.91 Å². The fourth-order valence-electron chi connectivity index (χ4n) is 2.83. The van der Waals surface area contributed by atoms with Crippen molar-refractivity contribution in [2.24, 2.45) is 0 Å². The van der Waals surface area contributed by atoms with E-state index in [0.717, 1.165) is 29.7 Å². The van der Waals surface area contributed by atoms with Crippen molar-refractivity contribution in [1.82, 2.24) is 5.32 Å². The zero-order valence-corrected chi connectivity index (χ0v) is 9.96. The Morgan fingerprint density at radius 2 is 1.53 bits per heavy atom. The molecule has 1 aromatic carbocycles. The van der Waals surface area contributed by atoms with Crippen molar-refractivity contribution in [3.63, 3.8) is 0 Å². The number of carbonyl (C=O) groups excluding carboxylic acids is 1. The molecule has 88 valence electrons. The zero-order valence-electron chi connectivity index (χ0n) is 9.96. The molecule has 0 spiro atoms. The van der Waals surface area contributed by atoms with Crippen LogP contribution < -0.4 is 5.32 Å². The molecule has 2 nitrogen and oxygen atoms in total. The lowest BCUT2D eigenvalue weighted by Crippen LogP contribution is -2.13. The molecule has 0 atom stereocenters. The molecular formula is C15H17NO. The minimum atomic E-state index is 0.0624. The van der Waals surface area contributed by atoms with Crippen LogP contribution in [0.4, 0.5) is 0 Å². The summed E-state index contributed by atoms with van der Waals surface area (Å²) in [5.74, 6) is 0.0624. The van der Waals surface area contributed by atoms with E-state index in [1.165, 1.54) is 31.3 Å². The average Bonchev–Trinajstić information content (AvgIpc) is 2.57. The highest BCUT2D eigenvalue weighted by Gasteiger charge is 2.25. The Balaban J connectivity index is 2.05. The highest BCUT2D eigenvalue weighted by molar-refractivity contribution is 6.09. The minimum absolute atomic E-state index is 0.0624. The van der Waals surface area contributed by atoms with Crippen molar-refractivity contribution in [2.45, 2.75) is 38.5 Å². The molecule has 1 amide bonds. The van der Waals surface area contributed by atoms with Gasteiger partial charge in [-0.15, -0.1) is 0 Å². The van der Waals surface area contributed by atoms with Crippen LogP contribution in [0.3, 0.4) is 0 Å². The fourth-order valence-corrected chi connectivity index (χ4v) is 2.83. The van der Waals surface area contributed by atoms with Crippen molar-refractivity contribution in [1.29, 1.82) is 0 Å². The van der Waals surface area contributed by atoms with Crippen LogP contribution in [0.5, 0.6) is 0 Å². The molecule has 3 rings (SSSR count). The van der Waals surface area contributed by atoms with E-state index in [-0.39, 0.29) is 5.91 Å². The number of hydrogen-bond acceptors (Lipinski definition) is 1. The smallest absolute Gasteiger partial charge is 0.256 e. The molecule has 17 heavy (non-hydrogen) atoms. The van der Waals surface area contributed by atoms with E-state index in [2.05, 4.69) is 11.4 Å². The van der Waals surface area contributed by atoms with Gasteiger partial charge in [0.1, 0.15) is 0 Å². The highest BCUT2D eigenvalue weighted by Crippen LogP contribution is 2.32. The molecule has 1 aromatic rings. The van der Waals surface area contributed by atoms with Crippen molar-refractivity contribution >= 4 is 11.6 Å². The summed E-state index contributed by atoms with van der Waals surface area (Å²) in [5.41, 5.74) is 4.49. The lowest BCUT2D eigenvalue weighted by atomic mass is 10.00. The monoisotopic (exact) mass is 227 g/mol. The Kier molecular flexibility index (Phi) is 2.71. The van der Waals surface area contributed by atoms with E-state index in [4.69, 9.17) is 0 Å². The van der Waals surface area contributed by atoms with Crippen LogP contribution in [0.2, 0.25) is 0 Å². The van der Waals surface area contributed by atoms with Gasteiger partial charge < -0.3 is 5.32 Å². The van der Waals surface area contributed by atoms with Crippen LogP contribution >= 0.6 is 0 Å². The van der Waals surface area contributed by atoms with Gasteiger partial charge in [-0.1, -0.05) is 31.0 Å². The average molecular weight is 227 g/mol. The summed E-state index contributed by atoms with van der Waals surface area (Å²) < 4.78 is 0. The first-order valence-corrected chi connectivity index (χ1v) is 6.49. The molecule has 1 aliphatic carbocycles. The van der Waals surface area contributed by atoms with Gasteiger partial charge >= 0.3 is 0 Å². The summed E-state index contributed by atoms with van der Waals surface area (Å²) in [6, 6.07) is 7.91. The largest absolute Gasteiger partial charge is 0.321 e. The molecular weight excluding hydrogens is 210 g/mol. The quantitative estimate of drug-likeness (QED) is 0.675. The van der Waals surface area contributed by atoms with Gasteiger partial charge in [-0.05, 0) is 37.3 Å². The van der Waals surface area contributed by atoms with Gasteiger partial charge in [0.05, 0.1) is 0 Å². The second kappa shape index (κ2) is 4.36. The van der Waals surface area contributed by atoms with Gasteiger partial charge in [0, 0.05) is 16.8 Å². The highest BCUT2D eigenvalue weighted by atomic mass is 16.1. The number of fused-ring (bicyclic) bond motifs is 1. The molecule has 0 unspecified atom stereocenters. The SMILES string of the molecule is O=C1NC(=C2CCCCCC2)c2ccccc21. The van der Waals surface area contributed by atoms with E-state index in [1.807, 2.05) is 18.2 Å². The van der Waals surface area contributed by atoms with Gasteiger partial charge in [-0.25, -0.2) is 0 Å². The summed E-state index contributed by atoms with van der Waals surface area (Å²) in [4.78, 5) is 11.9. The molecule has 0 aromatic heterocycles. The van der Waals surface area contributed by atoms with Crippen LogP contribution in [0.25, 0.3) is 5.70 Å². The summed E-state index contributed by atoms with van der Waals surface area (Å²) in [6.45, 7) is 0. The van der Waals surface area contributed by atoms with E-state index < -0.39 is 0 Å². The Bertz CT molecular complexity index is 477. The predicted octanol–water partition coefficient (Wildman–Crippen LogP) is 3.50. The minimum Gasteiger partial charge on any atom is -0.321 e. The first-order valence-electron chi connectivity index (χ1n) is 6.49. The van der Waals surface area contributed by atoms with Crippen LogP contribution in [0.1, 0.15) is 54.4 Å². The molecule has 0 bridgehead atoms. The van der Waals surface area contributed by atoms with Gasteiger partial charge in [0.2, 0.25) is 0 Å². The molecule has 1 aliphatic heterocycles. The van der Waals surface area contributed by atoms with Crippen LogP contribution in [0.15, 0.2) is 29.8 Å². The number of carbonyl (C=O) groups is 1. The van der Waals surface area contributed by atoms with E-state index in [1.54, 1.807) is 0 Å². The lowest BCUT2D eigenvalue weighted by molar-refractivity contribution is 0.0980. The van der Waals surface area contributed by atoms with Gasteiger partial charge in [-0.3, -0.25) is 4.79 Å². The number of allylic oxidation sites excluding steroid dienone is 1. The first-order chi connectivity index (χ1) is 8.36. The first kappa shape index (κ1) is 10.6. The summed E-state index contributed by atoms with van der Waals surface area (Å²) in [5, 5.41) is 3.06. The maximum absolute atomic E-state index is 11.9. The van der Waals surface area contributed by atoms with Gasteiger partial charge in [0.15, 0.2) is 0 Å². The second-order valence-corrected chi connectivity index (χ2v) is 4.89. The zero-order chi connectivity index (χ0) is 11.7. The molecule has 2 heteroatoms. The van der Waals surface area contributed by atoms with E-state index in [9.17, 15) is 4.79 Å². The standard InChI is InChI=1S/C15H17NO/c17-15-13-10-6-5-9-12(13)14(16-15)11-7-3-1-2-4-8-11/h5-6,9-10H,1-4,7-8H2,(H,16,17). The lowest BCUT2D eigenvalue weighted by Gasteiger charge is -2.09. The second-order valence-electron chi connectivity index (χ2n) is 4.89. The van der Waals surface area contributed by atoms with Crippen molar-refractivity contribution in [3.05, 3.63) is 41.0 Å². The third-order valence-electron chi connectivity index (χ3n) is 3.74. The van der Waals surface area contributed by atoms with Crippen molar-refractivity contribution in [3.8, 4) is 0 Å². The van der Waals surface area contributed by atoms with Crippen LogP contribution in [0, 0.1) is 0 Å². The summed E-state index contributed by atoms with van der Waals surface area (Å²) >= 11 is 0. The Hall–Kier alpha value is -1.57. The third-order valence-corrected chi connectivity index (χ3v) is 3.74. The van der Waals surface area contributed by atoms with Crippen molar-refractivity contribution in [2.75, 3.05) is 0 Å². The molecule has 1 saturated carbocycles. The third kappa shape index (κ3) is 1.88. The van der Waals surface area contributed by atoms with Gasteiger partial charge in [-0.2, -0.15) is 0 Å². The van der Waals surface area contributed by atoms with Gasteiger partial charge in [0.25, 0.3) is 5.91 Å². The van der Waals surface area contributed by atoms with Crippen molar-refractivity contribution < 1.29 is 4.79 Å². The normalized spacial score (nSPS) is 19.9. The summed E-state index contributed by atoms with van der Waals surface area (Å²) in [7, 11) is 0. The molecule has 1 heterocycles. The number of benzene rings is 1. The predicted molar refractivity (Wildman–Crippen MR) is 68.5 cm³/mol. The molecule has 0 saturated heterocycles. The summed E-state index contributed by atoms with van der Waals surface area (Å²) in [6.07, 6.45) is 7.46. The maximum Gasteiger partial charge on any atom is 0.256 e. The Labute approximate surface area is 102 Å².